The van der Waals surface area contributed by atoms with Crippen molar-refractivity contribution in [3.63, 3.8) is 0 Å². The van der Waals surface area contributed by atoms with E-state index in [1.807, 2.05) is 24.3 Å². The number of nitrogens with zero attached hydrogens (tertiary/aromatic N) is 1. The Labute approximate surface area is 171 Å². The molecule has 0 radical (unpaired) electrons. The van der Waals surface area contributed by atoms with Gasteiger partial charge in [0.2, 0.25) is 5.91 Å². The maximum absolute atomic E-state index is 12.1. The Morgan fingerprint density at radius 2 is 1.92 bits per heavy atom. The zero-order chi connectivity index (χ0) is 18.2. The van der Waals surface area contributed by atoms with Gasteiger partial charge in [0.25, 0.3) is 0 Å². The molecule has 0 bridgehead atoms. The Morgan fingerprint density at radius 3 is 2.62 bits per heavy atom. The molecule has 0 aromatic heterocycles. The first kappa shape index (κ1) is 20.4. The Bertz CT molecular complexity index is 571. The highest BCUT2D eigenvalue weighted by Gasteiger charge is 2.26. The third-order valence-corrected chi connectivity index (χ3v) is 8.04. The summed E-state index contributed by atoms with van der Waals surface area (Å²) in [6, 6.07) is 8.43. The van der Waals surface area contributed by atoms with Crippen LogP contribution in [0.25, 0.3) is 0 Å². The van der Waals surface area contributed by atoms with Crippen molar-refractivity contribution in [3.8, 4) is 0 Å². The van der Waals surface area contributed by atoms with E-state index in [-0.39, 0.29) is 5.91 Å². The van der Waals surface area contributed by atoms with Crippen molar-refractivity contribution in [1.82, 2.24) is 10.2 Å². The van der Waals surface area contributed by atoms with Crippen LogP contribution in [0.2, 0.25) is 5.02 Å². The van der Waals surface area contributed by atoms with E-state index in [2.05, 4.69) is 33.7 Å². The van der Waals surface area contributed by atoms with Crippen molar-refractivity contribution in [2.24, 2.45) is 5.92 Å². The van der Waals surface area contributed by atoms with Crippen LogP contribution >= 0.6 is 35.1 Å². The third-order valence-electron chi connectivity index (χ3n) is 5.32. The summed E-state index contributed by atoms with van der Waals surface area (Å²) in [5.74, 6) is 6.06. The van der Waals surface area contributed by atoms with E-state index in [9.17, 15) is 4.79 Å². The summed E-state index contributed by atoms with van der Waals surface area (Å²) in [4.78, 5) is 14.8. The zero-order valence-corrected chi connectivity index (χ0v) is 17.7. The van der Waals surface area contributed by atoms with Crippen LogP contribution in [0.1, 0.15) is 31.2 Å². The second-order valence-electron chi connectivity index (χ2n) is 7.23. The first-order valence-electron chi connectivity index (χ1n) is 9.61. The van der Waals surface area contributed by atoms with E-state index in [0.29, 0.717) is 23.9 Å². The van der Waals surface area contributed by atoms with Gasteiger partial charge in [0.05, 0.1) is 0 Å². The first-order valence-corrected chi connectivity index (χ1v) is 12.3. The number of carbonyl (C=O) groups excluding carboxylic acids is 1. The Hall–Kier alpha value is -0.360. The van der Waals surface area contributed by atoms with Gasteiger partial charge < -0.3 is 5.32 Å². The number of hydrogen-bond acceptors (Lipinski definition) is 4. The maximum Gasteiger partial charge on any atom is 0.220 e. The van der Waals surface area contributed by atoms with Crippen molar-refractivity contribution in [3.05, 3.63) is 34.9 Å². The average molecular weight is 413 g/mol. The van der Waals surface area contributed by atoms with E-state index in [0.717, 1.165) is 18.0 Å². The van der Waals surface area contributed by atoms with Gasteiger partial charge in [-0.25, -0.2) is 0 Å². The predicted molar refractivity (Wildman–Crippen MR) is 115 cm³/mol. The summed E-state index contributed by atoms with van der Waals surface area (Å²) in [6.45, 7) is 2.98. The second kappa shape index (κ2) is 10.8. The van der Waals surface area contributed by atoms with Crippen LogP contribution in [-0.2, 0) is 11.3 Å². The lowest BCUT2D eigenvalue weighted by molar-refractivity contribution is -0.121. The van der Waals surface area contributed by atoms with Crippen molar-refractivity contribution in [1.29, 1.82) is 0 Å². The molecule has 3 nitrogen and oxygen atoms in total. The monoisotopic (exact) mass is 412 g/mol. The van der Waals surface area contributed by atoms with E-state index in [1.165, 1.54) is 48.9 Å². The lowest BCUT2D eigenvalue weighted by atomic mass is 9.91. The topological polar surface area (TPSA) is 32.3 Å². The molecule has 2 saturated heterocycles. The summed E-state index contributed by atoms with van der Waals surface area (Å²) in [7, 11) is 0. The molecular formula is C20H29ClN2OS2. The number of rotatable bonds is 6. The fourth-order valence-corrected chi connectivity index (χ4v) is 6.53. The Kier molecular flexibility index (Phi) is 8.50. The molecule has 144 valence electrons. The van der Waals surface area contributed by atoms with E-state index in [4.69, 9.17) is 11.6 Å². The van der Waals surface area contributed by atoms with Crippen LogP contribution in [0, 0.1) is 5.92 Å². The number of benzene rings is 1. The van der Waals surface area contributed by atoms with Gasteiger partial charge in [-0.15, -0.1) is 0 Å². The molecule has 26 heavy (non-hydrogen) atoms. The molecule has 0 unspecified atom stereocenters. The van der Waals surface area contributed by atoms with Crippen LogP contribution in [0.3, 0.4) is 0 Å². The number of likely N-dealkylation sites (tertiary alicyclic amines) is 1. The number of halogens is 1. The molecule has 0 saturated carbocycles. The summed E-state index contributed by atoms with van der Waals surface area (Å²) < 4.78 is 0. The molecule has 2 aliphatic rings. The van der Waals surface area contributed by atoms with Crippen molar-refractivity contribution < 1.29 is 4.79 Å². The van der Waals surface area contributed by atoms with Crippen molar-refractivity contribution in [2.45, 2.75) is 38.3 Å². The standard InChI is InChI=1S/C20H29ClN2OS2/c21-18-3-1-2-17(12-18)13-22-20(24)5-4-16-6-8-23(9-7-16)19-14-25-10-11-26-15-19/h1-3,12,16,19H,4-11,13-15H2,(H,22,24). The summed E-state index contributed by atoms with van der Waals surface area (Å²) >= 11 is 10.2. The normalized spacial score (nSPS) is 20.7. The van der Waals surface area contributed by atoms with Crippen LogP contribution in [-0.4, -0.2) is 52.9 Å². The second-order valence-corrected chi connectivity index (χ2v) is 9.96. The SMILES string of the molecule is O=C(CCC1CCN(C2CSCCSC2)CC1)NCc1cccc(Cl)c1. The molecule has 2 heterocycles. The number of nitrogens with one attached hydrogen (secondary N) is 1. The average Bonchev–Trinajstić information content (AvgIpc) is 2.95. The molecule has 6 heteroatoms. The number of piperidine rings is 1. The minimum Gasteiger partial charge on any atom is -0.352 e. The summed E-state index contributed by atoms with van der Waals surface area (Å²) in [5.41, 5.74) is 1.05. The molecule has 1 N–H and O–H groups in total. The molecule has 0 spiro atoms. The van der Waals surface area contributed by atoms with Gasteiger partial charge in [0.1, 0.15) is 0 Å². The van der Waals surface area contributed by atoms with Gasteiger partial charge in [0, 0.05) is 47.0 Å². The highest BCUT2D eigenvalue weighted by molar-refractivity contribution is 8.03. The van der Waals surface area contributed by atoms with Crippen LogP contribution in [0.5, 0.6) is 0 Å². The smallest absolute Gasteiger partial charge is 0.220 e. The largest absolute Gasteiger partial charge is 0.352 e. The first-order chi connectivity index (χ1) is 12.7. The highest BCUT2D eigenvalue weighted by atomic mass is 35.5. The fraction of sp³-hybridized carbons (Fsp3) is 0.650. The van der Waals surface area contributed by atoms with E-state index < -0.39 is 0 Å². The highest BCUT2D eigenvalue weighted by Crippen LogP contribution is 2.27. The van der Waals surface area contributed by atoms with Crippen LogP contribution in [0.15, 0.2) is 24.3 Å². The van der Waals surface area contributed by atoms with Gasteiger partial charge >= 0.3 is 0 Å². The number of thioether (sulfide) groups is 2. The number of carbonyl (C=O) groups is 1. The summed E-state index contributed by atoms with van der Waals surface area (Å²) in [6.07, 6.45) is 4.14. The molecule has 3 rings (SSSR count). The fourth-order valence-electron chi connectivity index (χ4n) is 3.69. The number of hydrogen-bond donors (Lipinski definition) is 1. The molecule has 1 aromatic rings. The quantitative estimate of drug-likeness (QED) is 0.755. The van der Waals surface area contributed by atoms with Crippen LogP contribution < -0.4 is 5.32 Å². The van der Waals surface area contributed by atoms with Crippen molar-refractivity contribution >= 4 is 41.0 Å². The van der Waals surface area contributed by atoms with Gasteiger partial charge in [0.15, 0.2) is 0 Å². The van der Waals surface area contributed by atoms with E-state index in [1.54, 1.807) is 0 Å². The minimum absolute atomic E-state index is 0.156. The molecule has 0 aliphatic carbocycles. The van der Waals surface area contributed by atoms with Gasteiger partial charge in [-0.05, 0) is 56.0 Å². The minimum atomic E-state index is 0.156. The lowest BCUT2D eigenvalue weighted by Crippen LogP contribution is -2.44. The van der Waals surface area contributed by atoms with Gasteiger partial charge in [-0.1, -0.05) is 23.7 Å². The van der Waals surface area contributed by atoms with E-state index >= 15 is 0 Å². The van der Waals surface area contributed by atoms with Gasteiger partial charge in [-0.3, -0.25) is 9.69 Å². The van der Waals surface area contributed by atoms with Crippen LogP contribution in [0.4, 0.5) is 0 Å². The molecular weight excluding hydrogens is 384 g/mol. The lowest BCUT2D eigenvalue weighted by Gasteiger charge is -2.37. The Morgan fingerprint density at radius 1 is 1.19 bits per heavy atom. The molecule has 1 aromatic carbocycles. The van der Waals surface area contributed by atoms with Crippen molar-refractivity contribution in [2.75, 3.05) is 36.1 Å². The molecule has 0 atom stereocenters. The van der Waals surface area contributed by atoms with Gasteiger partial charge in [-0.2, -0.15) is 23.5 Å². The molecule has 2 aliphatic heterocycles. The maximum atomic E-state index is 12.1. The third kappa shape index (κ3) is 6.66. The molecule has 1 amide bonds. The number of amides is 1. The Balaban J connectivity index is 1.32. The zero-order valence-electron chi connectivity index (χ0n) is 15.3. The predicted octanol–water partition coefficient (Wildman–Crippen LogP) is 4.30. The summed E-state index contributed by atoms with van der Waals surface area (Å²) in [5, 5.41) is 3.74. The molecule has 2 fully saturated rings.